The largest absolute Gasteiger partial charge is 0.497 e. The summed E-state index contributed by atoms with van der Waals surface area (Å²) in [5, 5.41) is 4.19. The molecule has 2 saturated heterocycles. The third-order valence-corrected chi connectivity index (χ3v) is 5.83. The summed E-state index contributed by atoms with van der Waals surface area (Å²) in [5.74, 6) is 1.37. The zero-order chi connectivity index (χ0) is 17.2. The zero-order valence-corrected chi connectivity index (χ0v) is 14.9. The summed E-state index contributed by atoms with van der Waals surface area (Å²) in [6.07, 6.45) is 6.42. The maximum absolute atomic E-state index is 12.6. The van der Waals surface area contributed by atoms with E-state index < -0.39 is 0 Å². The van der Waals surface area contributed by atoms with Gasteiger partial charge in [0.15, 0.2) is 0 Å². The molecule has 5 heteroatoms. The summed E-state index contributed by atoms with van der Waals surface area (Å²) in [6, 6.07) is 8.39. The number of benzene rings is 1. The molecular weight excluding hydrogens is 314 g/mol. The predicted octanol–water partition coefficient (Wildman–Crippen LogP) is 3.17. The first-order valence-corrected chi connectivity index (χ1v) is 9.43. The smallest absolute Gasteiger partial charge is 0.267 e. The molecule has 0 saturated carbocycles. The van der Waals surface area contributed by atoms with Crippen LogP contribution in [0.1, 0.15) is 42.6 Å². The molecule has 0 bridgehead atoms. The van der Waals surface area contributed by atoms with Crippen molar-refractivity contribution in [2.24, 2.45) is 5.92 Å². The van der Waals surface area contributed by atoms with Crippen LogP contribution in [0, 0.1) is 5.92 Å². The van der Waals surface area contributed by atoms with Gasteiger partial charge in [-0.05, 0) is 62.9 Å². The van der Waals surface area contributed by atoms with E-state index in [1.54, 1.807) is 7.11 Å². The Morgan fingerprint density at radius 1 is 1.24 bits per heavy atom. The van der Waals surface area contributed by atoms with Crippen molar-refractivity contribution in [1.29, 1.82) is 0 Å². The van der Waals surface area contributed by atoms with Crippen LogP contribution in [0.2, 0.25) is 0 Å². The molecule has 25 heavy (non-hydrogen) atoms. The number of nitrogens with zero attached hydrogens (tertiary/aromatic N) is 1. The molecule has 0 aliphatic carbocycles. The Morgan fingerprint density at radius 2 is 2.12 bits per heavy atom. The second-order valence-electron chi connectivity index (χ2n) is 7.35. The van der Waals surface area contributed by atoms with Crippen LogP contribution in [0.25, 0.3) is 10.9 Å². The summed E-state index contributed by atoms with van der Waals surface area (Å²) in [5.41, 5.74) is 1.56. The van der Waals surface area contributed by atoms with E-state index in [9.17, 15) is 4.79 Å². The maximum Gasteiger partial charge on any atom is 0.267 e. The Hall–Kier alpha value is -2.01. The van der Waals surface area contributed by atoms with E-state index in [1.165, 1.54) is 45.2 Å². The van der Waals surface area contributed by atoms with Gasteiger partial charge in [0.2, 0.25) is 0 Å². The van der Waals surface area contributed by atoms with Crippen molar-refractivity contribution in [2.45, 2.75) is 38.1 Å². The van der Waals surface area contributed by atoms with E-state index in [1.807, 2.05) is 24.3 Å². The van der Waals surface area contributed by atoms with E-state index in [2.05, 4.69) is 15.2 Å². The van der Waals surface area contributed by atoms with Crippen LogP contribution in [0.4, 0.5) is 0 Å². The lowest BCUT2D eigenvalue weighted by Gasteiger charge is -2.44. The van der Waals surface area contributed by atoms with E-state index in [0.29, 0.717) is 17.7 Å². The predicted molar refractivity (Wildman–Crippen MR) is 99.1 cm³/mol. The molecule has 0 spiro atoms. The molecule has 2 aromatic rings. The second kappa shape index (κ2) is 7.08. The average Bonchev–Trinajstić information content (AvgIpc) is 3.09. The molecule has 2 fully saturated rings. The number of H-pyrrole nitrogens is 1. The highest BCUT2D eigenvalue weighted by Crippen LogP contribution is 2.30. The number of hydrogen-bond acceptors (Lipinski definition) is 3. The molecule has 1 amide bonds. The van der Waals surface area contributed by atoms with Gasteiger partial charge in [0.25, 0.3) is 5.91 Å². The quantitative estimate of drug-likeness (QED) is 0.898. The first-order chi connectivity index (χ1) is 12.2. The fourth-order valence-corrected chi connectivity index (χ4v) is 4.49. The molecule has 3 heterocycles. The molecule has 5 nitrogen and oxygen atoms in total. The van der Waals surface area contributed by atoms with Crippen LogP contribution in [-0.4, -0.2) is 48.6 Å². The van der Waals surface area contributed by atoms with Crippen molar-refractivity contribution in [1.82, 2.24) is 15.2 Å². The van der Waals surface area contributed by atoms with Crippen LogP contribution in [-0.2, 0) is 0 Å². The lowest BCUT2D eigenvalue weighted by molar-refractivity contribution is 0.0575. The van der Waals surface area contributed by atoms with Crippen LogP contribution in [0.5, 0.6) is 5.75 Å². The zero-order valence-electron chi connectivity index (χ0n) is 14.9. The van der Waals surface area contributed by atoms with Gasteiger partial charge in [0.05, 0.1) is 7.11 Å². The Kier molecular flexibility index (Phi) is 4.66. The maximum atomic E-state index is 12.6. The molecular formula is C20H27N3O2. The highest BCUT2D eigenvalue weighted by atomic mass is 16.5. The second-order valence-corrected chi connectivity index (χ2v) is 7.35. The fraction of sp³-hybridized carbons (Fsp3) is 0.550. The molecule has 2 aliphatic rings. The van der Waals surface area contributed by atoms with E-state index in [0.717, 1.165) is 23.2 Å². The van der Waals surface area contributed by atoms with Crippen molar-refractivity contribution in [3.05, 3.63) is 30.0 Å². The summed E-state index contributed by atoms with van der Waals surface area (Å²) < 4.78 is 5.24. The Morgan fingerprint density at radius 3 is 3.00 bits per heavy atom. The molecule has 4 rings (SSSR count). The van der Waals surface area contributed by atoms with E-state index in [-0.39, 0.29) is 5.91 Å². The summed E-state index contributed by atoms with van der Waals surface area (Å²) in [4.78, 5) is 18.4. The van der Waals surface area contributed by atoms with E-state index in [4.69, 9.17) is 4.74 Å². The first-order valence-electron chi connectivity index (χ1n) is 9.43. The van der Waals surface area contributed by atoms with Crippen LogP contribution < -0.4 is 10.1 Å². The minimum Gasteiger partial charge on any atom is -0.497 e. The highest BCUT2D eigenvalue weighted by Gasteiger charge is 2.33. The molecule has 2 atom stereocenters. The van der Waals surface area contributed by atoms with Gasteiger partial charge in [0.1, 0.15) is 11.4 Å². The number of piperidine rings is 2. The lowest BCUT2D eigenvalue weighted by atomic mass is 9.83. The SMILES string of the molecule is COc1ccc2cc(C(=O)NCC3CCCN4CCCCC34)[nH]c2c1. The third-order valence-electron chi connectivity index (χ3n) is 5.83. The summed E-state index contributed by atoms with van der Waals surface area (Å²) in [6.45, 7) is 3.25. The van der Waals surface area contributed by atoms with Gasteiger partial charge in [-0.25, -0.2) is 0 Å². The Bertz CT molecular complexity index is 752. The summed E-state index contributed by atoms with van der Waals surface area (Å²) >= 11 is 0. The molecule has 2 unspecified atom stereocenters. The van der Waals surface area contributed by atoms with Gasteiger partial charge in [-0.2, -0.15) is 0 Å². The molecule has 134 valence electrons. The van der Waals surface area contributed by atoms with Crippen molar-refractivity contribution in [2.75, 3.05) is 26.7 Å². The molecule has 0 radical (unpaired) electrons. The number of methoxy groups -OCH3 is 1. The number of carbonyl (C=O) groups excluding carboxylic acids is 1. The number of hydrogen-bond donors (Lipinski definition) is 2. The normalized spacial score (nSPS) is 24.0. The first kappa shape index (κ1) is 16.5. The number of aromatic nitrogens is 1. The fourth-order valence-electron chi connectivity index (χ4n) is 4.49. The molecule has 1 aromatic carbocycles. The number of amides is 1. The van der Waals surface area contributed by atoms with Gasteiger partial charge >= 0.3 is 0 Å². The number of nitrogens with one attached hydrogen (secondary N) is 2. The van der Waals surface area contributed by atoms with Crippen LogP contribution >= 0.6 is 0 Å². The lowest BCUT2D eigenvalue weighted by Crippen LogP contribution is -2.51. The molecule has 1 aromatic heterocycles. The van der Waals surface area contributed by atoms with Crippen LogP contribution in [0.3, 0.4) is 0 Å². The van der Waals surface area contributed by atoms with Crippen molar-refractivity contribution in [3.8, 4) is 5.75 Å². The average molecular weight is 341 g/mol. The Balaban J connectivity index is 1.41. The number of ether oxygens (including phenoxy) is 1. The molecule has 2 aliphatic heterocycles. The highest BCUT2D eigenvalue weighted by molar-refractivity contribution is 5.98. The Labute approximate surface area is 148 Å². The third kappa shape index (κ3) is 3.38. The van der Waals surface area contributed by atoms with Gasteiger partial charge in [-0.15, -0.1) is 0 Å². The minimum absolute atomic E-state index is 0.0110. The molecule has 2 N–H and O–H groups in total. The summed E-state index contributed by atoms with van der Waals surface area (Å²) in [7, 11) is 1.65. The van der Waals surface area contributed by atoms with Crippen molar-refractivity contribution in [3.63, 3.8) is 0 Å². The van der Waals surface area contributed by atoms with Crippen molar-refractivity contribution >= 4 is 16.8 Å². The number of carbonyl (C=O) groups is 1. The van der Waals surface area contributed by atoms with E-state index >= 15 is 0 Å². The van der Waals surface area contributed by atoms with Crippen LogP contribution in [0.15, 0.2) is 24.3 Å². The monoisotopic (exact) mass is 341 g/mol. The topological polar surface area (TPSA) is 57.4 Å². The van der Waals surface area contributed by atoms with Gasteiger partial charge in [-0.1, -0.05) is 6.42 Å². The number of fused-ring (bicyclic) bond motifs is 2. The number of rotatable bonds is 4. The van der Waals surface area contributed by atoms with Gasteiger partial charge in [0, 0.05) is 29.6 Å². The minimum atomic E-state index is -0.0110. The standard InChI is InChI=1S/C20H27N3O2/c1-25-16-8-7-14-11-18(22-17(14)12-16)20(24)21-13-15-5-4-10-23-9-3-2-6-19(15)23/h7-8,11-12,15,19,22H,2-6,9-10,13H2,1H3,(H,21,24). The van der Waals surface area contributed by atoms with Gasteiger partial charge in [-0.3, -0.25) is 4.79 Å². The van der Waals surface area contributed by atoms with Crippen molar-refractivity contribution < 1.29 is 9.53 Å². The number of aromatic amines is 1. The van der Waals surface area contributed by atoms with Gasteiger partial charge < -0.3 is 19.9 Å².